The first-order valence-electron chi connectivity index (χ1n) is 7.62. The lowest BCUT2D eigenvalue weighted by atomic mass is 9.80. The topological polar surface area (TPSA) is 30.5 Å². The fourth-order valence-corrected chi connectivity index (χ4v) is 2.91. The average molecular weight is 277 g/mol. The second-order valence-corrected chi connectivity index (χ2v) is 6.02. The Kier molecular flexibility index (Phi) is 5.30. The van der Waals surface area contributed by atoms with Crippen LogP contribution in [0, 0.1) is 11.8 Å². The molecule has 1 aromatic carbocycles. The summed E-state index contributed by atoms with van der Waals surface area (Å²) >= 11 is 0. The van der Waals surface area contributed by atoms with Crippen LogP contribution in [0.25, 0.3) is 0 Å². The largest absolute Gasteiger partial charge is 0.493 e. The zero-order valence-electron chi connectivity index (χ0n) is 13.1. The molecule has 0 bridgehead atoms. The summed E-state index contributed by atoms with van der Waals surface area (Å²) in [6.07, 6.45) is 3.87. The smallest absolute Gasteiger partial charge is 0.161 e. The summed E-state index contributed by atoms with van der Waals surface area (Å²) < 4.78 is 11.7. The molecule has 0 spiro atoms. The van der Waals surface area contributed by atoms with Crippen LogP contribution in [0.15, 0.2) is 18.2 Å². The molecule has 1 aliphatic rings. The Balaban J connectivity index is 2.05. The van der Waals surface area contributed by atoms with E-state index in [-0.39, 0.29) is 0 Å². The molecule has 1 N–H and O–H groups in total. The van der Waals surface area contributed by atoms with Crippen LogP contribution in [0.5, 0.6) is 11.5 Å². The summed E-state index contributed by atoms with van der Waals surface area (Å²) in [7, 11) is 3.65. The van der Waals surface area contributed by atoms with Gasteiger partial charge in [0.2, 0.25) is 0 Å². The van der Waals surface area contributed by atoms with E-state index in [0.29, 0.717) is 6.10 Å². The first-order valence-corrected chi connectivity index (χ1v) is 7.62. The van der Waals surface area contributed by atoms with Crippen LogP contribution >= 0.6 is 0 Å². The Morgan fingerprint density at radius 1 is 1.15 bits per heavy atom. The van der Waals surface area contributed by atoms with E-state index in [4.69, 9.17) is 9.47 Å². The van der Waals surface area contributed by atoms with Gasteiger partial charge < -0.3 is 14.8 Å². The van der Waals surface area contributed by atoms with Gasteiger partial charge in [-0.15, -0.1) is 0 Å². The number of hydrogen-bond acceptors (Lipinski definition) is 3. The van der Waals surface area contributed by atoms with Crippen molar-refractivity contribution >= 4 is 0 Å². The minimum Gasteiger partial charge on any atom is -0.493 e. The normalized spacial score (nSPS) is 26.3. The highest BCUT2D eigenvalue weighted by Crippen LogP contribution is 2.35. The number of methoxy groups -OCH3 is 1. The fraction of sp³-hybridized carbons (Fsp3) is 0.647. The summed E-state index contributed by atoms with van der Waals surface area (Å²) in [4.78, 5) is 0. The number of hydrogen-bond donors (Lipinski definition) is 1. The van der Waals surface area contributed by atoms with Crippen LogP contribution in [0.3, 0.4) is 0 Å². The maximum Gasteiger partial charge on any atom is 0.161 e. The summed E-state index contributed by atoms with van der Waals surface area (Å²) in [5.74, 6) is 3.26. The second-order valence-electron chi connectivity index (χ2n) is 6.02. The van der Waals surface area contributed by atoms with E-state index in [9.17, 15) is 0 Å². The Labute approximate surface area is 122 Å². The van der Waals surface area contributed by atoms with Crippen molar-refractivity contribution in [2.24, 2.45) is 11.8 Å². The standard InChI is InChI=1S/C17H27NO2/c1-12-5-7-15(9-13(12)2)20-16-8-6-14(11-18-3)10-17(16)19-4/h6,8,10,12-13,15,18H,5,7,9,11H2,1-4H3. The molecule has 20 heavy (non-hydrogen) atoms. The predicted molar refractivity (Wildman–Crippen MR) is 82.4 cm³/mol. The van der Waals surface area contributed by atoms with Crippen LogP contribution in [0.1, 0.15) is 38.7 Å². The van der Waals surface area contributed by atoms with Crippen LogP contribution in [-0.2, 0) is 6.54 Å². The molecule has 1 fully saturated rings. The highest BCUT2D eigenvalue weighted by atomic mass is 16.5. The summed E-state index contributed by atoms with van der Waals surface area (Å²) in [6, 6.07) is 6.19. The van der Waals surface area contributed by atoms with E-state index in [1.807, 2.05) is 13.1 Å². The second kappa shape index (κ2) is 6.98. The van der Waals surface area contributed by atoms with Crippen LogP contribution < -0.4 is 14.8 Å². The molecule has 3 unspecified atom stereocenters. The Hall–Kier alpha value is -1.22. The van der Waals surface area contributed by atoms with Crippen molar-refractivity contribution < 1.29 is 9.47 Å². The van der Waals surface area contributed by atoms with Crippen molar-refractivity contribution in [2.75, 3.05) is 14.2 Å². The average Bonchev–Trinajstić information content (AvgIpc) is 2.45. The van der Waals surface area contributed by atoms with Crippen molar-refractivity contribution in [3.8, 4) is 11.5 Å². The van der Waals surface area contributed by atoms with E-state index < -0.39 is 0 Å². The molecular weight excluding hydrogens is 250 g/mol. The molecule has 0 heterocycles. The molecule has 0 aliphatic heterocycles. The van der Waals surface area contributed by atoms with Crippen molar-refractivity contribution in [2.45, 2.75) is 45.8 Å². The van der Waals surface area contributed by atoms with Crippen molar-refractivity contribution in [3.05, 3.63) is 23.8 Å². The molecule has 3 nitrogen and oxygen atoms in total. The van der Waals surface area contributed by atoms with Gasteiger partial charge in [-0.25, -0.2) is 0 Å². The highest BCUT2D eigenvalue weighted by Gasteiger charge is 2.26. The molecule has 3 atom stereocenters. The molecule has 1 aromatic rings. The van der Waals surface area contributed by atoms with Gasteiger partial charge in [-0.3, -0.25) is 0 Å². The monoisotopic (exact) mass is 277 g/mol. The van der Waals surface area contributed by atoms with Crippen LogP contribution in [-0.4, -0.2) is 20.3 Å². The molecular formula is C17H27NO2. The number of rotatable bonds is 5. The summed E-state index contributed by atoms with van der Waals surface area (Å²) in [6.45, 7) is 5.51. The third-order valence-electron chi connectivity index (χ3n) is 4.45. The van der Waals surface area contributed by atoms with Gasteiger partial charge in [0.1, 0.15) is 0 Å². The van der Waals surface area contributed by atoms with Crippen LogP contribution in [0.2, 0.25) is 0 Å². The van der Waals surface area contributed by atoms with Gasteiger partial charge in [-0.2, -0.15) is 0 Å². The molecule has 0 radical (unpaired) electrons. The highest BCUT2D eigenvalue weighted by molar-refractivity contribution is 5.43. The van der Waals surface area contributed by atoms with Gasteiger partial charge in [0.25, 0.3) is 0 Å². The lowest BCUT2D eigenvalue weighted by molar-refractivity contribution is 0.0977. The van der Waals surface area contributed by atoms with E-state index in [2.05, 4.69) is 31.3 Å². The Morgan fingerprint density at radius 3 is 2.60 bits per heavy atom. The van der Waals surface area contributed by atoms with E-state index in [0.717, 1.165) is 42.7 Å². The zero-order valence-corrected chi connectivity index (χ0v) is 13.1. The minimum atomic E-state index is 0.324. The molecule has 2 rings (SSSR count). The molecule has 3 heteroatoms. The van der Waals surface area contributed by atoms with E-state index in [1.165, 1.54) is 12.0 Å². The number of ether oxygens (including phenoxy) is 2. The van der Waals surface area contributed by atoms with Gasteiger partial charge in [-0.1, -0.05) is 19.9 Å². The molecule has 0 saturated heterocycles. The van der Waals surface area contributed by atoms with E-state index in [1.54, 1.807) is 7.11 Å². The summed E-state index contributed by atoms with van der Waals surface area (Å²) in [5.41, 5.74) is 1.21. The Bertz CT molecular complexity index is 433. The van der Waals surface area contributed by atoms with Crippen molar-refractivity contribution in [3.63, 3.8) is 0 Å². The SMILES string of the molecule is CNCc1ccc(OC2CCC(C)C(C)C2)c(OC)c1. The fourth-order valence-electron chi connectivity index (χ4n) is 2.91. The van der Waals surface area contributed by atoms with Gasteiger partial charge in [0, 0.05) is 6.54 Å². The quantitative estimate of drug-likeness (QED) is 0.891. The van der Waals surface area contributed by atoms with Crippen molar-refractivity contribution in [1.82, 2.24) is 5.32 Å². The Morgan fingerprint density at radius 2 is 1.95 bits per heavy atom. The zero-order chi connectivity index (χ0) is 14.5. The van der Waals surface area contributed by atoms with Crippen molar-refractivity contribution in [1.29, 1.82) is 0 Å². The minimum absolute atomic E-state index is 0.324. The molecule has 0 aromatic heterocycles. The summed E-state index contributed by atoms with van der Waals surface area (Å²) in [5, 5.41) is 3.15. The first kappa shape index (κ1) is 15.2. The predicted octanol–water partition coefficient (Wildman–Crippen LogP) is 3.62. The molecule has 1 aliphatic carbocycles. The lowest BCUT2D eigenvalue weighted by Gasteiger charge is -2.32. The van der Waals surface area contributed by atoms with Gasteiger partial charge >= 0.3 is 0 Å². The number of benzene rings is 1. The molecule has 112 valence electrons. The van der Waals surface area contributed by atoms with E-state index >= 15 is 0 Å². The lowest BCUT2D eigenvalue weighted by Crippen LogP contribution is -2.28. The van der Waals surface area contributed by atoms with Gasteiger partial charge in [-0.05, 0) is 55.8 Å². The maximum atomic E-state index is 6.18. The maximum absolute atomic E-state index is 6.18. The molecule has 1 saturated carbocycles. The first-order chi connectivity index (χ1) is 9.63. The third kappa shape index (κ3) is 3.66. The van der Waals surface area contributed by atoms with Gasteiger partial charge in [0.05, 0.1) is 13.2 Å². The number of nitrogens with one attached hydrogen (secondary N) is 1. The molecule has 0 amide bonds. The van der Waals surface area contributed by atoms with Crippen LogP contribution in [0.4, 0.5) is 0 Å². The van der Waals surface area contributed by atoms with Gasteiger partial charge in [0.15, 0.2) is 11.5 Å². The third-order valence-corrected chi connectivity index (χ3v) is 4.45.